The number of H-pyrrole nitrogens is 1. The van der Waals surface area contributed by atoms with Crippen LogP contribution in [0.25, 0.3) is 11.2 Å². The van der Waals surface area contributed by atoms with Crippen LogP contribution in [0, 0.1) is 6.92 Å². The molecule has 13 heavy (non-hydrogen) atoms. The molecule has 1 N–H and O–H groups in total. The largest absolute Gasteiger partial charge is 0.341 e. The van der Waals surface area contributed by atoms with E-state index >= 15 is 0 Å². The van der Waals surface area contributed by atoms with Gasteiger partial charge in [-0.1, -0.05) is 25.4 Å². The van der Waals surface area contributed by atoms with Gasteiger partial charge >= 0.3 is 0 Å². The quantitative estimate of drug-likeness (QED) is 0.706. The molecule has 4 heteroatoms. The summed E-state index contributed by atoms with van der Waals surface area (Å²) in [4.78, 5) is 11.2. The van der Waals surface area contributed by atoms with Crippen molar-refractivity contribution >= 4 is 22.8 Å². The van der Waals surface area contributed by atoms with E-state index in [4.69, 9.17) is 11.6 Å². The van der Waals surface area contributed by atoms with Gasteiger partial charge in [0.15, 0.2) is 5.65 Å². The predicted molar refractivity (Wildman–Crippen MR) is 55.0 cm³/mol. The van der Waals surface area contributed by atoms with Crippen LogP contribution >= 0.6 is 11.6 Å². The van der Waals surface area contributed by atoms with E-state index in [2.05, 4.69) is 15.0 Å². The average Bonchev–Trinajstić information content (AvgIpc) is 2.48. The fourth-order valence-electron chi connectivity index (χ4n) is 0.995. The summed E-state index contributed by atoms with van der Waals surface area (Å²) in [6, 6.07) is 1.81. The molecule has 2 aromatic heterocycles. The molecule has 0 saturated carbocycles. The van der Waals surface area contributed by atoms with Crippen LogP contribution < -0.4 is 0 Å². The zero-order valence-electron chi connectivity index (χ0n) is 7.93. The fraction of sp³-hybridized carbons (Fsp3) is 0.333. The number of aryl methyl sites for hydroxylation is 1. The molecule has 0 aliphatic rings. The lowest BCUT2D eigenvalue weighted by atomic mass is 10.4. The van der Waals surface area contributed by atoms with Crippen LogP contribution in [0.3, 0.4) is 0 Å². The van der Waals surface area contributed by atoms with E-state index < -0.39 is 0 Å². The van der Waals surface area contributed by atoms with Gasteiger partial charge in [0.1, 0.15) is 5.82 Å². The molecule has 3 nitrogen and oxygen atoms in total. The number of nitrogens with zero attached hydrogens (tertiary/aromatic N) is 2. The zero-order chi connectivity index (χ0) is 9.84. The molecule has 2 heterocycles. The minimum atomic E-state index is 0.626. The lowest BCUT2D eigenvalue weighted by Gasteiger charge is -1.86. The summed E-state index contributed by atoms with van der Waals surface area (Å²) >= 11 is 5.72. The number of hydrogen-bond acceptors (Lipinski definition) is 2. The molecular weight excluding hydrogens is 186 g/mol. The lowest BCUT2D eigenvalue weighted by Crippen LogP contribution is -1.74. The molecule has 0 atom stereocenters. The standard InChI is InChI=1S/C7H6ClN3.C2H6/c1-4-10-6-2-5(8)3-9-7(6)11-4;1-2/h2-3H,1H3,(H,9,10,11);1-2H3. The van der Waals surface area contributed by atoms with Gasteiger partial charge in [0.2, 0.25) is 0 Å². The number of hydrogen-bond donors (Lipinski definition) is 1. The molecule has 0 radical (unpaired) electrons. The Bertz CT molecular complexity index is 395. The van der Waals surface area contributed by atoms with Gasteiger partial charge in [0, 0.05) is 6.20 Å². The van der Waals surface area contributed by atoms with Gasteiger partial charge in [-0.25, -0.2) is 9.97 Å². The summed E-state index contributed by atoms with van der Waals surface area (Å²) in [7, 11) is 0. The molecule has 0 aliphatic carbocycles. The predicted octanol–water partition coefficient (Wildman–Crippen LogP) is 2.95. The van der Waals surface area contributed by atoms with Crippen LogP contribution in [0.5, 0.6) is 0 Å². The highest BCUT2D eigenvalue weighted by Gasteiger charge is 1.99. The Labute approximate surface area is 82.2 Å². The van der Waals surface area contributed by atoms with E-state index in [1.807, 2.05) is 26.8 Å². The van der Waals surface area contributed by atoms with Crippen molar-refractivity contribution in [3.05, 3.63) is 23.1 Å². The van der Waals surface area contributed by atoms with Crippen molar-refractivity contribution in [2.45, 2.75) is 20.8 Å². The first kappa shape index (κ1) is 9.99. The van der Waals surface area contributed by atoms with E-state index in [0.717, 1.165) is 11.3 Å². The van der Waals surface area contributed by atoms with Crippen LogP contribution in [-0.2, 0) is 0 Å². The maximum atomic E-state index is 5.72. The Morgan fingerprint density at radius 3 is 2.77 bits per heavy atom. The third-order valence-electron chi connectivity index (χ3n) is 1.42. The van der Waals surface area contributed by atoms with Crippen LogP contribution in [0.15, 0.2) is 12.3 Å². The van der Waals surface area contributed by atoms with E-state index in [0.29, 0.717) is 10.7 Å². The molecule has 2 aromatic rings. The summed E-state index contributed by atoms with van der Waals surface area (Å²) < 4.78 is 0. The monoisotopic (exact) mass is 197 g/mol. The Balaban J connectivity index is 0.000000396. The van der Waals surface area contributed by atoms with Crippen molar-refractivity contribution in [2.24, 2.45) is 0 Å². The van der Waals surface area contributed by atoms with Crippen molar-refractivity contribution in [2.75, 3.05) is 0 Å². The zero-order valence-corrected chi connectivity index (χ0v) is 8.68. The van der Waals surface area contributed by atoms with Crippen molar-refractivity contribution in [3.8, 4) is 0 Å². The first-order chi connectivity index (χ1) is 6.25. The summed E-state index contributed by atoms with van der Waals surface area (Å²) in [5, 5.41) is 0.626. The molecule has 0 spiro atoms. The normalized spacial score (nSPS) is 9.54. The van der Waals surface area contributed by atoms with Gasteiger partial charge in [0.25, 0.3) is 0 Å². The molecule has 0 saturated heterocycles. The third-order valence-corrected chi connectivity index (χ3v) is 1.63. The Hall–Kier alpha value is -1.09. The molecule has 0 aliphatic heterocycles. The highest BCUT2D eigenvalue weighted by molar-refractivity contribution is 6.30. The number of pyridine rings is 1. The molecule has 2 rings (SSSR count). The van der Waals surface area contributed by atoms with Gasteiger partial charge < -0.3 is 4.98 Å². The topological polar surface area (TPSA) is 41.6 Å². The van der Waals surface area contributed by atoms with Crippen LogP contribution in [0.1, 0.15) is 19.7 Å². The SMILES string of the molecule is CC.Cc1nc2ncc(Cl)cc2[nH]1. The van der Waals surface area contributed by atoms with Gasteiger partial charge in [-0.15, -0.1) is 0 Å². The second kappa shape index (κ2) is 4.23. The highest BCUT2D eigenvalue weighted by atomic mass is 35.5. The van der Waals surface area contributed by atoms with Crippen LogP contribution in [0.4, 0.5) is 0 Å². The van der Waals surface area contributed by atoms with E-state index in [-0.39, 0.29) is 0 Å². The number of rotatable bonds is 0. The summed E-state index contributed by atoms with van der Waals surface area (Å²) in [5.41, 5.74) is 1.60. The number of fused-ring (bicyclic) bond motifs is 1. The number of aromatic nitrogens is 3. The Morgan fingerprint density at radius 1 is 1.38 bits per heavy atom. The second-order valence-electron chi connectivity index (χ2n) is 2.35. The molecular formula is C9H12ClN3. The van der Waals surface area contributed by atoms with Crippen LogP contribution in [0.2, 0.25) is 5.02 Å². The summed E-state index contributed by atoms with van der Waals surface area (Å²) in [6.45, 7) is 5.88. The van der Waals surface area contributed by atoms with E-state index in [1.54, 1.807) is 6.20 Å². The van der Waals surface area contributed by atoms with Gasteiger partial charge in [-0.2, -0.15) is 0 Å². The van der Waals surface area contributed by atoms with Crippen molar-refractivity contribution in [1.29, 1.82) is 0 Å². The Kier molecular flexibility index (Phi) is 3.25. The lowest BCUT2D eigenvalue weighted by molar-refractivity contribution is 1.16. The molecule has 0 unspecified atom stereocenters. The number of aromatic amines is 1. The first-order valence-corrected chi connectivity index (χ1v) is 4.61. The Morgan fingerprint density at radius 2 is 2.08 bits per heavy atom. The number of halogens is 1. The smallest absolute Gasteiger partial charge is 0.177 e. The summed E-state index contributed by atoms with van der Waals surface area (Å²) in [6.07, 6.45) is 1.59. The average molecular weight is 198 g/mol. The van der Waals surface area contributed by atoms with Crippen LogP contribution in [-0.4, -0.2) is 15.0 Å². The maximum Gasteiger partial charge on any atom is 0.177 e. The maximum absolute atomic E-state index is 5.72. The van der Waals surface area contributed by atoms with Gasteiger partial charge in [-0.05, 0) is 13.0 Å². The number of nitrogens with one attached hydrogen (secondary N) is 1. The van der Waals surface area contributed by atoms with Crippen molar-refractivity contribution in [3.63, 3.8) is 0 Å². The minimum absolute atomic E-state index is 0.626. The molecule has 0 bridgehead atoms. The first-order valence-electron chi connectivity index (χ1n) is 4.23. The molecule has 0 fully saturated rings. The van der Waals surface area contributed by atoms with E-state index in [1.165, 1.54) is 0 Å². The van der Waals surface area contributed by atoms with Crippen molar-refractivity contribution < 1.29 is 0 Å². The third kappa shape index (κ3) is 2.18. The van der Waals surface area contributed by atoms with Crippen molar-refractivity contribution in [1.82, 2.24) is 15.0 Å². The van der Waals surface area contributed by atoms with Gasteiger partial charge in [0.05, 0.1) is 10.5 Å². The molecule has 70 valence electrons. The molecule has 0 amide bonds. The summed E-state index contributed by atoms with van der Waals surface area (Å²) in [5.74, 6) is 0.856. The van der Waals surface area contributed by atoms with E-state index in [9.17, 15) is 0 Å². The highest BCUT2D eigenvalue weighted by Crippen LogP contribution is 2.13. The molecule has 0 aromatic carbocycles. The fourth-order valence-corrected chi connectivity index (χ4v) is 1.15. The minimum Gasteiger partial charge on any atom is -0.341 e. The van der Waals surface area contributed by atoms with Gasteiger partial charge in [-0.3, -0.25) is 0 Å². The second-order valence-corrected chi connectivity index (χ2v) is 2.78. The number of imidazole rings is 1.